The predicted molar refractivity (Wildman–Crippen MR) is 49.4 cm³/mol. The van der Waals surface area contributed by atoms with E-state index in [4.69, 9.17) is 11.7 Å². The number of carbonyl (C=O) groups is 1. The molecule has 0 aliphatic heterocycles. The first-order chi connectivity index (χ1) is 6.22. The Hall–Kier alpha value is -2.08. The highest BCUT2D eigenvalue weighted by Crippen LogP contribution is 2.13. The van der Waals surface area contributed by atoms with Crippen LogP contribution in [0.2, 0.25) is 0 Å². The van der Waals surface area contributed by atoms with Crippen LogP contribution >= 0.6 is 0 Å². The summed E-state index contributed by atoms with van der Waals surface area (Å²) in [6.45, 7) is 6.70. The minimum atomic E-state index is -0.978. The molecular formula is C10H7NO2. The van der Waals surface area contributed by atoms with E-state index in [9.17, 15) is 4.79 Å². The van der Waals surface area contributed by atoms with Crippen LogP contribution in [-0.4, -0.2) is 11.1 Å². The zero-order valence-corrected chi connectivity index (χ0v) is 6.77. The second-order valence-corrected chi connectivity index (χ2v) is 2.37. The SMILES string of the molecule is [C-]#[N+]c1ccc(C=CC(=O)O)cc1. The minimum Gasteiger partial charge on any atom is -0.478 e. The molecule has 3 heteroatoms. The minimum absolute atomic E-state index is 0.549. The van der Waals surface area contributed by atoms with Gasteiger partial charge in [-0.15, -0.1) is 0 Å². The maximum atomic E-state index is 10.2. The van der Waals surface area contributed by atoms with Crippen molar-refractivity contribution in [1.29, 1.82) is 0 Å². The highest BCUT2D eigenvalue weighted by Gasteiger charge is 1.90. The third kappa shape index (κ3) is 2.80. The maximum absolute atomic E-state index is 10.2. The lowest BCUT2D eigenvalue weighted by Gasteiger charge is -1.91. The van der Waals surface area contributed by atoms with Crippen LogP contribution in [0.15, 0.2) is 30.3 Å². The maximum Gasteiger partial charge on any atom is 0.328 e. The fraction of sp³-hybridized carbons (Fsp3) is 0. The average molecular weight is 173 g/mol. The van der Waals surface area contributed by atoms with E-state index in [-0.39, 0.29) is 0 Å². The Bertz CT molecular complexity index is 371. The van der Waals surface area contributed by atoms with Crippen LogP contribution in [0.1, 0.15) is 5.56 Å². The number of hydrogen-bond donors (Lipinski definition) is 1. The summed E-state index contributed by atoms with van der Waals surface area (Å²) < 4.78 is 0. The highest BCUT2D eigenvalue weighted by molar-refractivity contribution is 5.85. The number of nitrogens with zero attached hydrogens (tertiary/aromatic N) is 1. The van der Waals surface area contributed by atoms with Crippen molar-refractivity contribution < 1.29 is 9.90 Å². The van der Waals surface area contributed by atoms with Crippen molar-refractivity contribution >= 4 is 17.7 Å². The second kappa shape index (κ2) is 4.07. The number of benzene rings is 1. The number of carboxylic acids is 1. The molecule has 0 aromatic heterocycles. The Morgan fingerprint density at radius 2 is 2.00 bits per heavy atom. The largest absolute Gasteiger partial charge is 0.478 e. The van der Waals surface area contributed by atoms with Gasteiger partial charge in [0.15, 0.2) is 5.69 Å². The van der Waals surface area contributed by atoms with Crippen LogP contribution < -0.4 is 0 Å². The summed E-state index contributed by atoms with van der Waals surface area (Å²) in [6.07, 6.45) is 2.54. The van der Waals surface area contributed by atoms with Crippen LogP contribution in [0.3, 0.4) is 0 Å². The first kappa shape index (κ1) is 9.01. The Morgan fingerprint density at radius 1 is 1.38 bits per heavy atom. The Morgan fingerprint density at radius 3 is 2.46 bits per heavy atom. The molecule has 13 heavy (non-hydrogen) atoms. The molecule has 1 aromatic carbocycles. The molecule has 0 unspecified atom stereocenters. The number of carboxylic acid groups (broad SMARTS) is 1. The first-order valence-corrected chi connectivity index (χ1v) is 3.61. The molecule has 0 saturated heterocycles. The van der Waals surface area contributed by atoms with Crippen LogP contribution in [0, 0.1) is 6.57 Å². The molecule has 0 spiro atoms. The smallest absolute Gasteiger partial charge is 0.328 e. The van der Waals surface area contributed by atoms with Crippen molar-refractivity contribution in [3.05, 3.63) is 47.3 Å². The molecule has 0 fully saturated rings. The molecule has 0 aliphatic rings. The lowest BCUT2D eigenvalue weighted by molar-refractivity contribution is -0.131. The van der Waals surface area contributed by atoms with Crippen LogP contribution in [0.5, 0.6) is 0 Å². The third-order valence-electron chi connectivity index (χ3n) is 1.44. The van der Waals surface area contributed by atoms with Crippen molar-refractivity contribution in [2.24, 2.45) is 0 Å². The van der Waals surface area contributed by atoms with Gasteiger partial charge in [-0.1, -0.05) is 24.3 Å². The molecule has 0 radical (unpaired) electrons. The van der Waals surface area contributed by atoms with Crippen molar-refractivity contribution in [2.75, 3.05) is 0 Å². The van der Waals surface area contributed by atoms with E-state index >= 15 is 0 Å². The predicted octanol–water partition coefficient (Wildman–Crippen LogP) is 2.34. The zero-order chi connectivity index (χ0) is 9.68. The van der Waals surface area contributed by atoms with Crippen LogP contribution in [0.25, 0.3) is 10.9 Å². The molecule has 3 nitrogen and oxygen atoms in total. The fourth-order valence-electron chi connectivity index (χ4n) is 0.827. The van der Waals surface area contributed by atoms with Crippen LogP contribution in [-0.2, 0) is 4.79 Å². The van der Waals surface area contributed by atoms with Gasteiger partial charge < -0.3 is 5.11 Å². The van der Waals surface area contributed by atoms with Crippen molar-refractivity contribution in [1.82, 2.24) is 0 Å². The Balaban J connectivity index is 2.82. The van der Waals surface area contributed by atoms with Gasteiger partial charge in [-0.3, -0.25) is 0 Å². The number of aliphatic carboxylic acids is 1. The van der Waals surface area contributed by atoms with Gasteiger partial charge in [-0.05, 0) is 11.6 Å². The molecule has 0 heterocycles. The van der Waals surface area contributed by atoms with Crippen LogP contribution in [0.4, 0.5) is 5.69 Å². The molecule has 0 aliphatic carbocycles. The topological polar surface area (TPSA) is 41.7 Å². The molecule has 0 atom stereocenters. The summed E-state index contributed by atoms with van der Waals surface area (Å²) in [5, 5.41) is 8.34. The third-order valence-corrected chi connectivity index (χ3v) is 1.44. The molecule has 1 rings (SSSR count). The molecular weight excluding hydrogens is 166 g/mol. The van der Waals surface area contributed by atoms with Gasteiger partial charge in [0.25, 0.3) is 0 Å². The van der Waals surface area contributed by atoms with Gasteiger partial charge in [-0.25, -0.2) is 9.64 Å². The van der Waals surface area contributed by atoms with Gasteiger partial charge in [0.05, 0.1) is 6.57 Å². The molecule has 0 amide bonds. The van der Waals surface area contributed by atoms with Gasteiger partial charge in [0.2, 0.25) is 0 Å². The van der Waals surface area contributed by atoms with Gasteiger partial charge >= 0.3 is 5.97 Å². The number of hydrogen-bond acceptors (Lipinski definition) is 1. The molecule has 1 aromatic rings. The molecule has 1 N–H and O–H groups in total. The van der Waals surface area contributed by atoms with Gasteiger partial charge in [0.1, 0.15) is 0 Å². The number of rotatable bonds is 2. The normalized spacial score (nSPS) is 9.77. The van der Waals surface area contributed by atoms with Gasteiger partial charge in [-0.2, -0.15) is 0 Å². The van der Waals surface area contributed by atoms with E-state index in [1.165, 1.54) is 6.08 Å². The molecule has 0 bridgehead atoms. The Kier molecular flexibility index (Phi) is 2.82. The van der Waals surface area contributed by atoms with E-state index in [0.29, 0.717) is 5.69 Å². The van der Waals surface area contributed by atoms with E-state index in [0.717, 1.165) is 11.6 Å². The summed E-state index contributed by atoms with van der Waals surface area (Å²) in [6, 6.07) is 6.70. The van der Waals surface area contributed by atoms with Crippen molar-refractivity contribution in [2.45, 2.75) is 0 Å². The van der Waals surface area contributed by atoms with E-state index < -0.39 is 5.97 Å². The second-order valence-electron chi connectivity index (χ2n) is 2.37. The molecule has 0 saturated carbocycles. The van der Waals surface area contributed by atoms with Gasteiger partial charge in [0, 0.05) is 6.08 Å². The first-order valence-electron chi connectivity index (χ1n) is 3.61. The summed E-state index contributed by atoms with van der Waals surface area (Å²) in [5.74, 6) is -0.978. The Labute approximate surface area is 75.8 Å². The van der Waals surface area contributed by atoms with Crippen molar-refractivity contribution in [3.8, 4) is 0 Å². The molecule has 64 valence electrons. The summed E-state index contributed by atoms with van der Waals surface area (Å²) >= 11 is 0. The van der Waals surface area contributed by atoms with E-state index in [1.54, 1.807) is 24.3 Å². The lowest BCUT2D eigenvalue weighted by atomic mass is 10.2. The highest BCUT2D eigenvalue weighted by atomic mass is 16.4. The lowest BCUT2D eigenvalue weighted by Crippen LogP contribution is -1.85. The van der Waals surface area contributed by atoms with Crippen molar-refractivity contribution in [3.63, 3.8) is 0 Å². The van der Waals surface area contributed by atoms with E-state index in [2.05, 4.69) is 4.85 Å². The monoisotopic (exact) mass is 173 g/mol. The quantitative estimate of drug-likeness (QED) is 0.550. The fourth-order valence-corrected chi connectivity index (χ4v) is 0.827. The summed E-state index contributed by atoms with van der Waals surface area (Å²) in [7, 11) is 0. The zero-order valence-electron chi connectivity index (χ0n) is 6.77. The summed E-state index contributed by atoms with van der Waals surface area (Å²) in [5.41, 5.74) is 1.32. The standard InChI is InChI=1S/C10H7NO2/c1-11-9-5-2-8(3-6-9)4-7-10(12)13/h2-7H,(H,12,13). The van der Waals surface area contributed by atoms with E-state index in [1.807, 2.05) is 0 Å². The average Bonchev–Trinajstić information content (AvgIpc) is 2.15. The summed E-state index contributed by atoms with van der Waals surface area (Å²) in [4.78, 5) is 13.4.